The quantitative estimate of drug-likeness (QED) is 0.783. The highest BCUT2D eigenvalue weighted by Crippen LogP contribution is 2.05. The number of nitrogens with zero attached hydrogens (tertiary/aromatic N) is 1. The molecule has 0 atom stereocenters. The molecule has 1 aromatic carbocycles. The molecule has 0 fully saturated rings. The molecule has 0 bridgehead atoms. The number of benzene rings is 1. The van der Waals surface area contributed by atoms with Crippen molar-refractivity contribution >= 4 is 6.09 Å². The maximum atomic E-state index is 11.8. The predicted molar refractivity (Wildman–Crippen MR) is 68.7 cm³/mol. The Morgan fingerprint density at radius 2 is 1.94 bits per heavy atom. The standard InChI is InChI=1S/C14H21NO2/c1-4-15(10-12(2)3)14(16)17-11-13-8-6-5-7-9-13/h5-9,12H,4,10-11H2,1-3H3. The Labute approximate surface area is 103 Å². The number of ether oxygens (including phenoxy) is 1. The Hall–Kier alpha value is -1.51. The van der Waals surface area contributed by atoms with Gasteiger partial charge in [-0.3, -0.25) is 0 Å². The fourth-order valence-corrected chi connectivity index (χ4v) is 1.58. The summed E-state index contributed by atoms with van der Waals surface area (Å²) in [6.07, 6.45) is -0.231. The van der Waals surface area contributed by atoms with E-state index < -0.39 is 0 Å². The van der Waals surface area contributed by atoms with Gasteiger partial charge in [0.05, 0.1) is 0 Å². The van der Waals surface area contributed by atoms with Crippen LogP contribution in [-0.2, 0) is 11.3 Å². The molecule has 0 aromatic heterocycles. The molecule has 0 saturated carbocycles. The highest BCUT2D eigenvalue weighted by Gasteiger charge is 2.14. The van der Waals surface area contributed by atoms with Crippen molar-refractivity contribution in [1.82, 2.24) is 4.90 Å². The van der Waals surface area contributed by atoms with Gasteiger partial charge < -0.3 is 9.64 Å². The van der Waals surface area contributed by atoms with Crippen LogP contribution in [0, 0.1) is 5.92 Å². The first kappa shape index (κ1) is 13.6. The minimum Gasteiger partial charge on any atom is -0.445 e. The van der Waals surface area contributed by atoms with E-state index in [1.54, 1.807) is 4.90 Å². The molecule has 1 rings (SSSR count). The smallest absolute Gasteiger partial charge is 0.410 e. The molecule has 0 saturated heterocycles. The van der Waals surface area contributed by atoms with Crippen LogP contribution in [0.25, 0.3) is 0 Å². The lowest BCUT2D eigenvalue weighted by atomic mass is 10.2. The van der Waals surface area contributed by atoms with Gasteiger partial charge in [0.1, 0.15) is 6.61 Å². The Bertz CT molecular complexity index is 335. The number of hydrogen-bond donors (Lipinski definition) is 0. The number of carbonyl (C=O) groups is 1. The molecule has 0 spiro atoms. The van der Waals surface area contributed by atoms with Gasteiger partial charge in [0, 0.05) is 13.1 Å². The normalized spacial score (nSPS) is 10.4. The molecule has 0 heterocycles. The number of rotatable bonds is 5. The summed E-state index contributed by atoms with van der Waals surface area (Å²) in [5.74, 6) is 0.458. The van der Waals surface area contributed by atoms with Gasteiger partial charge in [-0.05, 0) is 18.4 Å². The molecule has 0 aliphatic heterocycles. The van der Waals surface area contributed by atoms with Crippen molar-refractivity contribution in [2.75, 3.05) is 13.1 Å². The van der Waals surface area contributed by atoms with Crippen molar-refractivity contribution in [3.63, 3.8) is 0 Å². The van der Waals surface area contributed by atoms with Crippen molar-refractivity contribution in [3.05, 3.63) is 35.9 Å². The fraction of sp³-hybridized carbons (Fsp3) is 0.500. The summed E-state index contributed by atoms with van der Waals surface area (Å²) in [4.78, 5) is 13.5. The van der Waals surface area contributed by atoms with E-state index in [4.69, 9.17) is 4.74 Å². The van der Waals surface area contributed by atoms with E-state index in [1.807, 2.05) is 37.3 Å². The van der Waals surface area contributed by atoms with Crippen LogP contribution in [0.5, 0.6) is 0 Å². The summed E-state index contributed by atoms with van der Waals surface area (Å²) in [5.41, 5.74) is 1.02. The fourth-order valence-electron chi connectivity index (χ4n) is 1.58. The third-order valence-corrected chi connectivity index (χ3v) is 2.43. The zero-order valence-corrected chi connectivity index (χ0v) is 10.8. The first-order valence-electron chi connectivity index (χ1n) is 6.09. The van der Waals surface area contributed by atoms with Gasteiger partial charge in [-0.2, -0.15) is 0 Å². The van der Waals surface area contributed by atoms with Crippen LogP contribution >= 0.6 is 0 Å². The molecule has 1 amide bonds. The largest absolute Gasteiger partial charge is 0.445 e. The molecule has 0 radical (unpaired) electrons. The van der Waals surface area contributed by atoms with Crippen LogP contribution < -0.4 is 0 Å². The minimum absolute atomic E-state index is 0.231. The summed E-state index contributed by atoms with van der Waals surface area (Å²) in [6, 6.07) is 9.73. The van der Waals surface area contributed by atoms with Crippen molar-refractivity contribution in [2.45, 2.75) is 27.4 Å². The molecule has 0 aliphatic carbocycles. The third kappa shape index (κ3) is 4.89. The molecule has 17 heavy (non-hydrogen) atoms. The highest BCUT2D eigenvalue weighted by molar-refractivity contribution is 5.67. The van der Waals surface area contributed by atoms with E-state index in [9.17, 15) is 4.79 Å². The van der Waals surface area contributed by atoms with Crippen molar-refractivity contribution in [3.8, 4) is 0 Å². The summed E-state index contributed by atoms with van der Waals surface area (Å²) in [7, 11) is 0. The van der Waals surface area contributed by atoms with E-state index >= 15 is 0 Å². The number of amides is 1. The average molecular weight is 235 g/mol. The molecule has 3 heteroatoms. The highest BCUT2D eigenvalue weighted by atomic mass is 16.6. The SMILES string of the molecule is CCN(CC(C)C)C(=O)OCc1ccccc1. The molecular weight excluding hydrogens is 214 g/mol. The zero-order valence-electron chi connectivity index (χ0n) is 10.8. The minimum atomic E-state index is -0.231. The summed E-state index contributed by atoms with van der Waals surface area (Å²) in [5, 5.41) is 0. The molecule has 94 valence electrons. The van der Waals surface area contributed by atoms with E-state index in [2.05, 4.69) is 13.8 Å². The van der Waals surface area contributed by atoms with Gasteiger partial charge in [-0.15, -0.1) is 0 Å². The van der Waals surface area contributed by atoms with E-state index in [-0.39, 0.29) is 6.09 Å². The maximum absolute atomic E-state index is 11.8. The van der Waals surface area contributed by atoms with Crippen LogP contribution in [0.4, 0.5) is 4.79 Å². The topological polar surface area (TPSA) is 29.5 Å². The first-order chi connectivity index (χ1) is 8.13. The zero-order chi connectivity index (χ0) is 12.7. The third-order valence-electron chi connectivity index (χ3n) is 2.43. The molecule has 0 N–H and O–H groups in total. The lowest BCUT2D eigenvalue weighted by Gasteiger charge is -2.22. The summed E-state index contributed by atoms with van der Waals surface area (Å²) < 4.78 is 5.27. The second-order valence-corrected chi connectivity index (χ2v) is 4.47. The Kier molecular flexibility index (Phi) is 5.53. The van der Waals surface area contributed by atoms with Gasteiger partial charge in [0.2, 0.25) is 0 Å². The van der Waals surface area contributed by atoms with Crippen molar-refractivity contribution in [2.24, 2.45) is 5.92 Å². The monoisotopic (exact) mass is 235 g/mol. The Balaban J connectivity index is 2.42. The molecule has 0 aliphatic rings. The van der Waals surface area contributed by atoms with E-state index in [0.717, 1.165) is 12.1 Å². The maximum Gasteiger partial charge on any atom is 0.410 e. The molecular formula is C14H21NO2. The average Bonchev–Trinajstić information content (AvgIpc) is 2.34. The first-order valence-corrected chi connectivity index (χ1v) is 6.09. The predicted octanol–water partition coefficient (Wildman–Crippen LogP) is 3.30. The number of carbonyl (C=O) groups excluding carboxylic acids is 1. The van der Waals surface area contributed by atoms with E-state index in [1.165, 1.54) is 0 Å². The van der Waals surface area contributed by atoms with Crippen LogP contribution in [0.15, 0.2) is 30.3 Å². The van der Waals surface area contributed by atoms with Crippen LogP contribution in [-0.4, -0.2) is 24.1 Å². The molecule has 1 aromatic rings. The van der Waals surface area contributed by atoms with Gasteiger partial charge in [-0.25, -0.2) is 4.79 Å². The van der Waals surface area contributed by atoms with Gasteiger partial charge in [0.25, 0.3) is 0 Å². The van der Waals surface area contributed by atoms with Gasteiger partial charge in [-0.1, -0.05) is 44.2 Å². The van der Waals surface area contributed by atoms with Crippen molar-refractivity contribution in [1.29, 1.82) is 0 Å². The second-order valence-electron chi connectivity index (χ2n) is 4.47. The Morgan fingerprint density at radius 1 is 1.29 bits per heavy atom. The van der Waals surface area contributed by atoms with Gasteiger partial charge >= 0.3 is 6.09 Å². The summed E-state index contributed by atoms with van der Waals surface area (Å²) in [6.45, 7) is 7.91. The lowest BCUT2D eigenvalue weighted by molar-refractivity contribution is 0.0940. The number of hydrogen-bond acceptors (Lipinski definition) is 2. The molecule has 0 unspecified atom stereocenters. The second kappa shape index (κ2) is 6.94. The van der Waals surface area contributed by atoms with Crippen LogP contribution in [0.2, 0.25) is 0 Å². The van der Waals surface area contributed by atoms with Crippen LogP contribution in [0.3, 0.4) is 0 Å². The van der Waals surface area contributed by atoms with Crippen molar-refractivity contribution < 1.29 is 9.53 Å². The summed E-state index contributed by atoms with van der Waals surface area (Å²) >= 11 is 0. The molecule has 3 nitrogen and oxygen atoms in total. The lowest BCUT2D eigenvalue weighted by Crippen LogP contribution is -2.34. The van der Waals surface area contributed by atoms with Crippen LogP contribution in [0.1, 0.15) is 26.3 Å². The van der Waals surface area contributed by atoms with Gasteiger partial charge in [0.15, 0.2) is 0 Å². The van der Waals surface area contributed by atoms with E-state index in [0.29, 0.717) is 19.1 Å². The Morgan fingerprint density at radius 3 is 2.47 bits per heavy atom.